The number of nitrogens with zero attached hydrogens (tertiary/aromatic N) is 3. The minimum absolute atomic E-state index is 0.523. The Labute approximate surface area is 104 Å². The molecule has 4 nitrogen and oxygen atoms in total. The molecule has 0 bridgehead atoms. The molecule has 2 heterocycles. The van der Waals surface area contributed by atoms with Gasteiger partial charge in [-0.05, 0) is 25.0 Å². The Morgan fingerprint density at radius 3 is 2.65 bits per heavy atom. The number of rotatable bonds is 3. The Morgan fingerprint density at radius 2 is 1.94 bits per heavy atom. The molecule has 3 rings (SSSR count). The van der Waals surface area contributed by atoms with E-state index in [1.54, 1.807) is 24.2 Å². The van der Waals surface area contributed by atoms with Crippen LogP contribution in [0.1, 0.15) is 24.6 Å². The van der Waals surface area contributed by atoms with E-state index in [0.717, 1.165) is 15.7 Å². The second kappa shape index (κ2) is 4.33. The van der Waals surface area contributed by atoms with Crippen molar-refractivity contribution < 1.29 is 0 Å². The lowest BCUT2D eigenvalue weighted by Gasteiger charge is -2.04. The van der Waals surface area contributed by atoms with Gasteiger partial charge in [-0.15, -0.1) is 0 Å². The minimum atomic E-state index is 0.523. The molecular formula is C12H12N4S. The van der Waals surface area contributed by atoms with E-state index in [0.29, 0.717) is 11.7 Å². The highest BCUT2D eigenvalue weighted by Crippen LogP contribution is 2.39. The maximum absolute atomic E-state index is 5.80. The molecule has 86 valence electrons. The summed E-state index contributed by atoms with van der Waals surface area (Å²) in [6.07, 6.45) is 5.91. The van der Waals surface area contributed by atoms with Gasteiger partial charge in [-0.2, -0.15) is 0 Å². The van der Waals surface area contributed by atoms with Crippen molar-refractivity contribution in [2.75, 3.05) is 5.73 Å². The lowest BCUT2D eigenvalue weighted by Crippen LogP contribution is -1.99. The molecule has 1 saturated carbocycles. The summed E-state index contributed by atoms with van der Waals surface area (Å²) >= 11 is 1.59. The van der Waals surface area contributed by atoms with Crippen molar-refractivity contribution in [2.45, 2.75) is 28.7 Å². The Morgan fingerprint density at radius 1 is 1.18 bits per heavy atom. The van der Waals surface area contributed by atoms with E-state index in [4.69, 9.17) is 5.73 Å². The smallest absolute Gasteiger partial charge is 0.135 e. The molecule has 0 radical (unpaired) electrons. The molecule has 2 aromatic rings. The normalized spacial score (nSPS) is 14.8. The van der Waals surface area contributed by atoms with E-state index >= 15 is 0 Å². The standard InChI is InChI=1S/C12H12N4S/c13-10-7-11(16-12(15-10)8-1-2-8)17-9-3-5-14-6-4-9/h3-8H,1-2H2,(H2,13,15,16). The number of hydrogen-bond donors (Lipinski definition) is 1. The van der Waals surface area contributed by atoms with E-state index in [-0.39, 0.29) is 0 Å². The van der Waals surface area contributed by atoms with Crippen molar-refractivity contribution in [1.82, 2.24) is 15.0 Å². The van der Waals surface area contributed by atoms with Crippen LogP contribution in [0.4, 0.5) is 5.82 Å². The van der Waals surface area contributed by atoms with E-state index in [1.807, 2.05) is 18.2 Å². The second-order valence-electron chi connectivity index (χ2n) is 4.05. The molecule has 17 heavy (non-hydrogen) atoms. The zero-order valence-corrected chi connectivity index (χ0v) is 10.0. The fraction of sp³-hybridized carbons (Fsp3) is 0.250. The molecular weight excluding hydrogens is 232 g/mol. The lowest BCUT2D eigenvalue weighted by atomic mass is 10.4. The summed E-state index contributed by atoms with van der Waals surface area (Å²) in [7, 11) is 0. The molecule has 0 aromatic carbocycles. The van der Waals surface area contributed by atoms with Crippen LogP contribution in [0.3, 0.4) is 0 Å². The Kier molecular flexibility index (Phi) is 2.68. The lowest BCUT2D eigenvalue weighted by molar-refractivity contribution is 0.883. The molecule has 0 saturated heterocycles. The zero-order valence-electron chi connectivity index (χ0n) is 9.21. The largest absolute Gasteiger partial charge is 0.384 e. The van der Waals surface area contributed by atoms with Crippen molar-refractivity contribution in [2.24, 2.45) is 0 Å². The molecule has 5 heteroatoms. The van der Waals surface area contributed by atoms with Crippen LogP contribution in [-0.2, 0) is 0 Å². The highest BCUT2D eigenvalue weighted by Gasteiger charge is 2.27. The maximum Gasteiger partial charge on any atom is 0.135 e. The third-order valence-electron chi connectivity index (χ3n) is 2.55. The Bertz CT molecular complexity index is 525. The summed E-state index contributed by atoms with van der Waals surface area (Å²) in [4.78, 5) is 13.9. The topological polar surface area (TPSA) is 64.7 Å². The summed E-state index contributed by atoms with van der Waals surface area (Å²) in [5.41, 5.74) is 5.80. The first-order valence-corrected chi connectivity index (χ1v) is 6.35. The summed E-state index contributed by atoms with van der Waals surface area (Å²) in [6, 6.07) is 5.73. The molecule has 0 unspecified atom stereocenters. The van der Waals surface area contributed by atoms with Crippen LogP contribution in [0.25, 0.3) is 0 Å². The molecule has 1 fully saturated rings. The van der Waals surface area contributed by atoms with Gasteiger partial charge in [0.05, 0.1) is 0 Å². The third-order valence-corrected chi connectivity index (χ3v) is 3.48. The number of aromatic nitrogens is 3. The highest BCUT2D eigenvalue weighted by atomic mass is 32.2. The molecule has 1 aliphatic carbocycles. The van der Waals surface area contributed by atoms with Crippen LogP contribution in [0.2, 0.25) is 0 Å². The average Bonchev–Trinajstić information content (AvgIpc) is 3.13. The first kappa shape index (κ1) is 10.5. The summed E-state index contributed by atoms with van der Waals surface area (Å²) in [5, 5.41) is 0.908. The van der Waals surface area contributed by atoms with Gasteiger partial charge >= 0.3 is 0 Å². The number of nitrogens with two attached hydrogens (primary N) is 1. The van der Waals surface area contributed by atoms with Gasteiger partial charge in [-0.3, -0.25) is 4.98 Å². The first-order valence-electron chi connectivity index (χ1n) is 5.53. The number of pyridine rings is 1. The highest BCUT2D eigenvalue weighted by molar-refractivity contribution is 7.99. The van der Waals surface area contributed by atoms with Crippen molar-refractivity contribution >= 4 is 17.6 Å². The van der Waals surface area contributed by atoms with Gasteiger partial charge in [-0.25, -0.2) is 9.97 Å². The average molecular weight is 244 g/mol. The SMILES string of the molecule is Nc1cc(Sc2ccncc2)nc(C2CC2)n1. The Balaban J connectivity index is 1.87. The van der Waals surface area contributed by atoms with Gasteiger partial charge in [0.2, 0.25) is 0 Å². The minimum Gasteiger partial charge on any atom is -0.384 e. The second-order valence-corrected chi connectivity index (χ2v) is 5.14. The van der Waals surface area contributed by atoms with Crippen molar-refractivity contribution in [1.29, 1.82) is 0 Å². The van der Waals surface area contributed by atoms with Crippen LogP contribution in [0.15, 0.2) is 40.5 Å². The predicted molar refractivity (Wildman–Crippen MR) is 66.8 cm³/mol. The molecule has 0 atom stereocenters. The zero-order chi connectivity index (χ0) is 11.7. The number of hydrogen-bond acceptors (Lipinski definition) is 5. The van der Waals surface area contributed by atoms with Gasteiger partial charge in [0.25, 0.3) is 0 Å². The van der Waals surface area contributed by atoms with Crippen LogP contribution in [0.5, 0.6) is 0 Å². The van der Waals surface area contributed by atoms with Crippen LogP contribution >= 0.6 is 11.8 Å². The molecule has 2 aromatic heterocycles. The van der Waals surface area contributed by atoms with Crippen molar-refractivity contribution in [3.05, 3.63) is 36.4 Å². The molecule has 0 aliphatic heterocycles. The predicted octanol–water partition coefficient (Wildman–Crippen LogP) is 2.48. The summed E-state index contributed by atoms with van der Waals surface area (Å²) in [6.45, 7) is 0. The number of nitrogen functional groups attached to an aromatic ring is 1. The monoisotopic (exact) mass is 244 g/mol. The van der Waals surface area contributed by atoms with Crippen molar-refractivity contribution in [3.8, 4) is 0 Å². The van der Waals surface area contributed by atoms with Gasteiger partial charge in [0.15, 0.2) is 0 Å². The number of anilines is 1. The molecule has 0 amide bonds. The maximum atomic E-state index is 5.80. The van der Waals surface area contributed by atoms with Gasteiger partial charge in [-0.1, -0.05) is 11.8 Å². The molecule has 2 N–H and O–H groups in total. The summed E-state index contributed by atoms with van der Waals surface area (Å²) < 4.78 is 0. The molecule has 0 spiro atoms. The van der Waals surface area contributed by atoms with E-state index in [1.165, 1.54) is 12.8 Å². The fourth-order valence-electron chi connectivity index (χ4n) is 1.56. The van der Waals surface area contributed by atoms with Crippen LogP contribution in [-0.4, -0.2) is 15.0 Å². The fourth-order valence-corrected chi connectivity index (χ4v) is 2.38. The molecule has 1 aliphatic rings. The van der Waals surface area contributed by atoms with E-state index in [9.17, 15) is 0 Å². The van der Waals surface area contributed by atoms with E-state index < -0.39 is 0 Å². The quantitative estimate of drug-likeness (QED) is 0.840. The third kappa shape index (κ3) is 2.55. The summed E-state index contributed by atoms with van der Waals surface area (Å²) in [5.74, 6) is 1.97. The first-order chi connectivity index (χ1) is 8.31. The van der Waals surface area contributed by atoms with Crippen LogP contribution in [0, 0.1) is 0 Å². The van der Waals surface area contributed by atoms with Crippen LogP contribution < -0.4 is 5.73 Å². The van der Waals surface area contributed by atoms with Gasteiger partial charge in [0.1, 0.15) is 16.7 Å². The van der Waals surface area contributed by atoms with Crippen molar-refractivity contribution in [3.63, 3.8) is 0 Å². The van der Waals surface area contributed by atoms with Gasteiger partial charge in [0, 0.05) is 29.3 Å². The van der Waals surface area contributed by atoms with Gasteiger partial charge < -0.3 is 5.73 Å². The van der Waals surface area contributed by atoms with E-state index in [2.05, 4.69) is 15.0 Å². The Hall–Kier alpha value is -1.62.